The molecule has 2 nitrogen and oxygen atoms in total. The van der Waals surface area contributed by atoms with Gasteiger partial charge in [-0.3, -0.25) is 0 Å². The van der Waals surface area contributed by atoms with Crippen LogP contribution in [-0.2, 0) is 0 Å². The van der Waals surface area contributed by atoms with E-state index in [4.69, 9.17) is 5.41 Å². The van der Waals surface area contributed by atoms with Gasteiger partial charge < -0.3 is 10.7 Å². The molecule has 0 heterocycles. The van der Waals surface area contributed by atoms with E-state index < -0.39 is 18.0 Å². The molecule has 5 heteroatoms. The zero-order chi connectivity index (χ0) is 11.9. The zero-order valence-corrected chi connectivity index (χ0v) is 8.93. The van der Waals surface area contributed by atoms with Crippen LogP contribution in [0.15, 0.2) is 12.3 Å². The predicted octanol–water partition coefficient (Wildman–Crippen LogP) is 2.96. The predicted molar refractivity (Wildman–Crippen MR) is 54.9 cm³/mol. The summed E-state index contributed by atoms with van der Waals surface area (Å²) in [6, 6.07) is 0. The minimum absolute atomic E-state index is 0.453. The third-order valence-electron chi connectivity index (χ3n) is 2.04. The summed E-state index contributed by atoms with van der Waals surface area (Å²) in [6.45, 7) is 4.16. The Hall–Kier alpha value is -1.00. The van der Waals surface area contributed by atoms with E-state index in [1.54, 1.807) is 0 Å². The summed E-state index contributed by atoms with van der Waals surface area (Å²) in [6.07, 6.45) is 0.00629. The molecule has 0 spiro atoms. The van der Waals surface area contributed by atoms with Crippen LogP contribution in [0.2, 0.25) is 0 Å². The normalized spacial score (nSPS) is 16.3. The zero-order valence-electron chi connectivity index (χ0n) is 8.93. The second-order valence-electron chi connectivity index (χ2n) is 3.41. The van der Waals surface area contributed by atoms with Gasteiger partial charge >= 0.3 is 6.18 Å². The maximum Gasteiger partial charge on any atom is 0.397 e. The summed E-state index contributed by atoms with van der Waals surface area (Å²) in [4.78, 5) is 0. The smallest absolute Gasteiger partial charge is 0.391 e. The summed E-state index contributed by atoms with van der Waals surface area (Å²) in [7, 11) is 0. The summed E-state index contributed by atoms with van der Waals surface area (Å²) >= 11 is 0. The highest BCUT2D eigenvalue weighted by Gasteiger charge is 2.40. The van der Waals surface area contributed by atoms with Gasteiger partial charge in [0.15, 0.2) is 0 Å². The van der Waals surface area contributed by atoms with E-state index in [1.807, 2.05) is 6.92 Å². The molecule has 0 aliphatic rings. The highest BCUT2D eigenvalue weighted by Crippen LogP contribution is 2.30. The lowest BCUT2D eigenvalue weighted by Gasteiger charge is -2.19. The first kappa shape index (κ1) is 14.0. The first-order valence-electron chi connectivity index (χ1n) is 4.90. The molecule has 2 N–H and O–H groups in total. The molecule has 0 amide bonds. The van der Waals surface area contributed by atoms with Crippen LogP contribution in [0.4, 0.5) is 13.2 Å². The van der Waals surface area contributed by atoms with E-state index in [-0.39, 0.29) is 0 Å². The fourth-order valence-electron chi connectivity index (χ4n) is 1.11. The van der Waals surface area contributed by atoms with E-state index in [1.165, 1.54) is 19.2 Å². The van der Waals surface area contributed by atoms with Gasteiger partial charge in [-0.25, -0.2) is 0 Å². The first-order chi connectivity index (χ1) is 6.93. The van der Waals surface area contributed by atoms with Gasteiger partial charge in [0.25, 0.3) is 0 Å². The Morgan fingerprint density at radius 1 is 1.40 bits per heavy atom. The van der Waals surface area contributed by atoms with Crippen LogP contribution >= 0.6 is 0 Å². The molecule has 2 atom stereocenters. The standard InChI is InChI=1S/C10H17F3N2/c1-3-5-15-6-4-8(2)9(7-14)10(11,12)13/h4,6-9,14-15H,3,5H2,1-2H3/b6-4+,14-7?. The van der Waals surface area contributed by atoms with Gasteiger partial charge in [-0.05, 0) is 18.5 Å². The quantitative estimate of drug-likeness (QED) is 0.526. The lowest BCUT2D eigenvalue weighted by Crippen LogP contribution is -2.29. The molecular weight excluding hydrogens is 205 g/mol. The summed E-state index contributed by atoms with van der Waals surface area (Å²) in [5.41, 5.74) is 0. The monoisotopic (exact) mass is 222 g/mol. The minimum atomic E-state index is -4.34. The van der Waals surface area contributed by atoms with Crippen molar-refractivity contribution >= 4 is 6.21 Å². The number of hydrogen-bond donors (Lipinski definition) is 2. The van der Waals surface area contributed by atoms with Crippen LogP contribution in [-0.4, -0.2) is 18.9 Å². The number of allylic oxidation sites excluding steroid dienone is 1. The van der Waals surface area contributed by atoms with Crippen molar-refractivity contribution < 1.29 is 13.2 Å². The SMILES string of the molecule is CCCN/C=C/C(C)C(C=N)C(F)(F)F. The van der Waals surface area contributed by atoms with Crippen molar-refractivity contribution in [2.75, 3.05) is 6.54 Å². The second-order valence-corrected chi connectivity index (χ2v) is 3.41. The minimum Gasteiger partial charge on any atom is -0.391 e. The van der Waals surface area contributed by atoms with Crippen LogP contribution < -0.4 is 5.32 Å². The first-order valence-corrected chi connectivity index (χ1v) is 4.90. The molecule has 2 unspecified atom stereocenters. The van der Waals surface area contributed by atoms with Crippen molar-refractivity contribution in [1.29, 1.82) is 5.41 Å². The van der Waals surface area contributed by atoms with E-state index >= 15 is 0 Å². The van der Waals surface area contributed by atoms with Crippen molar-refractivity contribution in [2.24, 2.45) is 11.8 Å². The van der Waals surface area contributed by atoms with Gasteiger partial charge in [0.1, 0.15) is 0 Å². The largest absolute Gasteiger partial charge is 0.397 e. The Balaban J connectivity index is 4.22. The summed E-state index contributed by atoms with van der Waals surface area (Å²) in [5.74, 6) is -2.41. The van der Waals surface area contributed by atoms with Crippen LogP contribution in [0.25, 0.3) is 0 Å². The molecule has 0 aliphatic carbocycles. The third-order valence-corrected chi connectivity index (χ3v) is 2.04. The highest BCUT2D eigenvalue weighted by atomic mass is 19.4. The van der Waals surface area contributed by atoms with Crippen LogP contribution in [0.1, 0.15) is 20.3 Å². The Labute approximate surface area is 88.1 Å². The number of rotatable bonds is 6. The van der Waals surface area contributed by atoms with E-state index in [2.05, 4.69) is 5.32 Å². The molecule has 0 saturated heterocycles. The lowest BCUT2D eigenvalue weighted by atomic mass is 9.94. The molecule has 0 bridgehead atoms. The fraction of sp³-hybridized carbons (Fsp3) is 0.700. The van der Waals surface area contributed by atoms with Gasteiger partial charge in [-0.2, -0.15) is 13.2 Å². The third kappa shape index (κ3) is 5.44. The molecule has 0 aromatic rings. The number of halogens is 3. The van der Waals surface area contributed by atoms with E-state index in [9.17, 15) is 13.2 Å². The molecular formula is C10H17F3N2. The topological polar surface area (TPSA) is 35.9 Å². The molecule has 15 heavy (non-hydrogen) atoms. The van der Waals surface area contributed by atoms with Crippen LogP contribution in [0.5, 0.6) is 0 Å². The molecule has 0 fully saturated rings. The number of alkyl halides is 3. The molecule has 0 aliphatic heterocycles. The molecule has 0 radical (unpaired) electrons. The average molecular weight is 222 g/mol. The van der Waals surface area contributed by atoms with Crippen LogP contribution in [0, 0.1) is 17.2 Å². The average Bonchev–Trinajstić information content (AvgIpc) is 2.11. The number of hydrogen-bond acceptors (Lipinski definition) is 2. The summed E-state index contributed by atoms with van der Waals surface area (Å²) in [5, 5.41) is 9.64. The molecule has 0 saturated carbocycles. The second kappa shape index (κ2) is 6.48. The van der Waals surface area contributed by atoms with Crippen molar-refractivity contribution in [3.63, 3.8) is 0 Å². The lowest BCUT2D eigenvalue weighted by molar-refractivity contribution is -0.161. The van der Waals surface area contributed by atoms with Gasteiger partial charge in [0.2, 0.25) is 0 Å². The fourth-order valence-corrected chi connectivity index (χ4v) is 1.11. The van der Waals surface area contributed by atoms with Gasteiger partial charge in [0, 0.05) is 12.8 Å². The van der Waals surface area contributed by atoms with Crippen molar-refractivity contribution in [1.82, 2.24) is 5.32 Å². The Morgan fingerprint density at radius 3 is 2.40 bits per heavy atom. The van der Waals surface area contributed by atoms with Crippen molar-refractivity contribution in [3.8, 4) is 0 Å². The number of nitrogens with one attached hydrogen (secondary N) is 2. The van der Waals surface area contributed by atoms with Crippen molar-refractivity contribution in [2.45, 2.75) is 26.4 Å². The molecule has 0 aromatic carbocycles. The Morgan fingerprint density at radius 2 is 2.00 bits per heavy atom. The maximum atomic E-state index is 12.3. The Kier molecular flexibility index (Phi) is 6.05. The maximum absolute atomic E-state index is 12.3. The summed E-state index contributed by atoms with van der Waals surface area (Å²) < 4.78 is 37.0. The van der Waals surface area contributed by atoms with Gasteiger partial charge in [-0.15, -0.1) is 0 Å². The van der Waals surface area contributed by atoms with E-state index in [0.717, 1.165) is 13.0 Å². The molecule has 0 rings (SSSR count). The molecule has 0 aromatic heterocycles. The van der Waals surface area contributed by atoms with Crippen molar-refractivity contribution in [3.05, 3.63) is 12.3 Å². The molecule has 88 valence electrons. The van der Waals surface area contributed by atoms with Crippen LogP contribution in [0.3, 0.4) is 0 Å². The van der Waals surface area contributed by atoms with E-state index in [0.29, 0.717) is 6.21 Å². The Bertz CT molecular complexity index is 211. The van der Waals surface area contributed by atoms with Gasteiger partial charge in [0.05, 0.1) is 5.92 Å². The highest BCUT2D eigenvalue weighted by molar-refractivity contribution is 5.58. The van der Waals surface area contributed by atoms with Gasteiger partial charge in [-0.1, -0.05) is 19.9 Å².